The fourth-order valence-electron chi connectivity index (χ4n) is 0. The van der Waals surface area contributed by atoms with Gasteiger partial charge in [-0.2, -0.15) is 4.84 Å². The van der Waals surface area contributed by atoms with Crippen molar-refractivity contribution < 1.29 is 10.7 Å². The molecule has 0 aromatic rings. The largest absolute Gasteiger partial charge is 0.304 e. The highest BCUT2D eigenvalue weighted by Gasteiger charge is 1.55. The van der Waals surface area contributed by atoms with E-state index in [0.717, 1.165) is 0 Å². The molecular formula is CH7N2O+. The molecule has 0 unspecified atom stereocenters. The molecule has 5 N–H and O–H groups in total. The van der Waals surface area contributed by atoms with E-state index in [-0.39, 0.29) is 6.73 Å². The van der Waals surface area contributed by atoms with E-state index < -0.39 is 0 Å². The first-order valence-corrected chi connectivity index (χ1v) is 0.986. The lowest BCUT2D eigenvalue weighted by molar-refractivity contribution is -0.689. The molecule has 0 amide bonds. The molecule has 3 heteroatoms. The van der Waals surface area contributed by atoms with Gasteiger partial charge < -0.3 is 5.73 Å². The number of hydrogen-bond donors (Lipinski definition) is 2. The highest BCUT2D eigenvalue weighted by Crippen LogP contribution is 1.24. The molecule has 0 aromatic heterocycles. The summed E-state index contributed by atoms with van der Waals surface area (Å²) in [7, 11) is 0. The van der Waals surface area contributed by atoms with Crippen LogP contribution < -0.4 is 11.6 Å². The molecule has 26 valence electrons. The molecule has 0 aliphatic heterocycles. The Bertz CT molecular complexity index is 8.00. The summed E-state index contributed by atoms with van der Waals surface area (Å²) in [6.45, 7) is 0.208. The number of hydrogen-bond acceptors (Lipinski definition) is 2. The molecule has 4 heavy (non-hydrogen) atoms. The summed E-state index contributed by atoms with van der Waals surface area (Å²) in [4.78, 5) is 4.07. The maximum absolute atomic E-state index is 4.74. The molecule has 0 heterocycles. The highest BCUT2D eigenvalue weighted by molar-refractivity contribution is 3.81. The standard InChI is InChI=1S/CH7N2O/c2-1-4-3/h1-2H2,3H3/q+1. The molecule has 0 aliphatic carbocycles. The normalized spacial score (nSPS) is 7.50. The van der Waals surface area contributed by atoms with Gasteiger partial charge in [-0.15, -0.1) is 0 Å². The molecule has 0 rings (SSSR count). The van der Waals surface area contributed by atoms with Crippen LogP contribution >= 0.6 is 0 Å². The third-order valence-corrected chi connectivity index (χ3v) is 0.118. The molecule has 0 aliphatic rings. The van der Waals surface area contributed by atoms with Crippen LogP contribution in [0.15, 0.2) is 0 Å². The fraction of sp³-hybridized carbons (Fsp3) is 1.00. The van der Waals surface area contributed by atoms with E-state index >= 15 is 0 Å². The van der Waals surface area contributed by atoms with Crippen LogP contribution in [0.3, 0.4) is 0 Å². The van der Waals surface area contributed by atoms with E-state index in [1.165, 1.54) is 0 Å². The predicted octanol–water partition coefficient (Wildman–Crippen LogP) is -1.92. The van der Waals surface area contributed by atoms with Crippen LogP contribution in [0.25, 0.3) is 0 Å². The first-order valence-electron chi connectivity index (χ1n) is 0.986. The summed E-state index contributed by atoms with van der Waals surface area (Å²) < 4.78 is 0. The van der Waals surface area contributed by atoms with Gasteiger partial charge in [-0.05, 0) is 0 Å². The van der Waals surface area contributed by atoms with E-state index in [4.69, 9.17) is 5.73 Å². The molecule has 0 radical (unpaired) electrons. The minimum atomic E-state index is 0.208. The zero-order valence-electron chi connectivity index (χ0n) is 2.40. The molecule has 0 aromatic carbocycles. The van der Waals surface area contributed by atoms with E-state index in [9.17, 15) is 0 Å². The lowest BCUT2D eigenvalue weighted by atomic mass is 11.4. The van der Waals surface area contributed by atoms with Gasteiger partial charge >= 0.3 is 0 Å². The van der Waals surface area contributed by atoms with Gasteiger partial charge in [0.1, 0.15) is 0 Å². The minimum Gasteiger partial charge on any atom is -0.304 e. The molecule has 0 spiro atoms. The number of quaternary nitrogens is 1. The Balaban J connectivity index is 1.97. The zero-order valence-corrected chi connectivity index (χ0v) is 2.40. The van der Waals surface area contributed by atoms with Gasteiger partial charge in [0, 0.05) is 0 Å². The third kappa shape index (κ3) is 1.88. The summed E-state index contributed by atoms with van der Waals surface area (Å²) in [6, 6.07) is 0. The van der Waals surface area contributed by atoms with Crippen molar-refractivity contribution in [3.8, 4) is 0 Å². The molecule has 3 nitrogen and oxygen atoms in total. The van der Waals surface area contributed by atoms with Crippen molar-refractivity contribution in [1.29, 1.82) is 0 Å². The fourth-order valence-corrected chi connectivity index (χ4v) is 0. The molecule has 0 saturated heterocycles. The second kappa shape index (κ2) is 2.88. The number of nitrogens with two attached hydrogens (primary N) is 1. The van der Waals surface area contributed by atoms with Gasteiger partial charge in [0.25, 0.3) is 0 Å². The van der Waals surface area contributed by atoms with Crippen LogP contribution in [0.5, 0.6) is 0 Å². The van der Waals surface area contributed by atoms with Gasteiger partial charge in [-0.25, -0.2) is 5.90 Å². The summed E-state index contributed by atoms with van der Waals surface area (Å²) >= 11 is 0. The molecule has 0 saturated carbocycles. The topological polar surface area (TPSA) is 62.9 Å². The highest BCUT2D eigenvalue weighted by atomic mass is 16.6. The van der Waals surface area contributed by atoms with Crippen LogP contribution in [-0.4, -0.2) is 6.73 Å². The smallest absolute Gasteiger partial charge is 0.154 e. The van der Waals surface area contributed by atoms with Crippen molar-refractivity contribution >= 4 is 0 Å². The van der Waals surface area contributed by atoms with Crippen molar-refractivity contribution in [2.24, 2.45) is 5.73 Å². The Hall–Kier alpha value is -0.120. The van der Waals surface area contributed by atoms with Crippen molar-refractivity contribution in [3.05, 3.63) is 0 Å². The Kier molecular flexibility index (Phi) is 2.79. The quantitative estimate of drug-likeness (QED) is 0.275. The summed E-state index contributed by atoms with van der Waals surface area (Å²) in [5.74, 6) is 2.98. The Morgan fingerprint density at radius 2 is 2.25 bits per heavy atom. The number of rotatable bonds is 1. The van der Waals surface area contributed by atoms with Crippen molar-refractivity contribution in [2.75, 3.05) is 6.73 Å². The Morgan fingerprint density at radius 3 is 2.25 bits per heavy atom. The second-order valence-corrected chi connectivity index (χ2v) is 0.371. The van der Waals surface area contributed by atoms with Crippen molar-refractivity contribution in [3.63, 3.8) is 0 Å². The first-order chi connectivity index (χ1) is 1.91. The van der Waals surface area contributed by atoms with Gasteiger partial charge in [-0.3, -0.25) is 0 Å². The van der Waals surface area contributed by atoms with E-state index in [2.05, 4.69) is 10.7 Å². The van der Waals surface area contributed by atoms with E-state index in [1.54, 1.807) is 0 Å². The van der Waals surface area contributed by atoms with Crippen molar-refractivity contribution in [2.45, 2.75) is 0 Å². The zero-order chi connectivity index (χ0) is 3.41. The molecular weight excluding hydrogens is 56.0 g/mol. The van der Waals surface area contributed by atoms with Crippen LogP contribution in [0.4, 0.5) is 0 Å². The van der Waals surface area contributed by atoms with E-state index in [1.807, 2.05) is 0 Å². The van der Waals surface area contributed by atoms with Gasteiger partial charge in [0.15, 0.2) is 6.73 Å². The average molecular weight is 63.1 g/mol. The van der Waals surface area contributed by atoms with Gasteiger partial charge in [0.05, 0.1) is 0 Å². The van der Waals surface area contributed by atoms with Gasteiger partial charge in [-0.1, -0.05) is 0 Å². The average Bonchev–Trinajstić information content (AvgIpc) is 1.37. The molecule has 0 atom stereocenters. The van der Waals surface area contributed by atoms with Crippen LogP contribution in [0.1, 0.15) is 0 Å². The van der Waals surface area contributed by atoms with Crippen LogP contribution in [0.2, 0.25) is 0 Å². The van der Waals surface area contributed by atoms with Gasteiger partial charge in [0.2, 0.25) is 0 Å². The Morgan fingerprint density at radius 1 is 2.00 bits per heavy atom. The maximum atomic E-state index is 4.74. The monoisotopic (exact) mass is 63.1 g/mol. The Labute approximate surface area is 24.5 Å². The summed E-state index contributed by atoms with van der Waals surface area (Å²) in [6.07, 6.45) is 0. The second-order valence-electron chi connectivity index (χ2n) is 0.371. The summed E-state index contributed by atoms with van der Waals surface area (Å²) in [5, 5.41) is 0. The predicted molar refractivity (Wildman–Crippen MR) is 13.0 cm³/mol. The van der Waals surface area contributed by atoms with Crippen molar-refractivity contribution in [1.82, 2.24) is 0 Å². The molecule has 0 bridgehead atoms. The lowest BCUT2D eigenvalue weighted by Crippen LogP contribution is -2.50. The minimum absolute atomic E-state index is 0.208. The summed E-state index contributed by atoms with van der Waals surface area (Å²) in [5.41, 5.74) is 4.74. The van der Waals surface area contributed by atoms with Crippen LogP contribution in [-0.2, 0) is 4.84 Å². The third-order valence-electron chi connectivity index (χ3n) is 0.118. The molecule has 0 fully saturated rings. The SMILES string of the molecule is NCO[NH3+]. The first kappa shape index (κ1) is 3.88. The maximum Gasteiger partial charge on any atom is 0.154 e. The van der Waals surface area contributed by atoms with Crippen LogP contribution in [0, 0.1) is 0 Å². The van der Waals surface area contributed by atoms with E-state index in [0.29, 0.717) is 0 Å². The lowest BCUT2D eigenvalue weighted by Gasteiger charge is -1.72.